The summed E-state index contributed by atoms with van der Waals surface area (Å²) >= 11 is 0. The van der Waals surface area contributed by atoms with E-state index in [0.717, 1.165) is 10.1 Å². The predicted octanol–water partition coefficient (Wildman–Crippen LogP) is 3.01. The molecule has 0 saturated heterocycles. The number of aromatic nitrogens is 4. The lowest BCUT2D eigenvalue weighted by molar-refractivity contribution is -0.144. The van der Waals surface area contributed by atoms with E-state index in [4.69, 9.17) is 0 Å². The Balaban J connectivity index is 1.95. The van der Waals surface area contributed by atoms with Gasteiger partial charge in [0.2, 0.25) is 0 Å². The van der Waals surface area contributed by atoms with Gasteiger partial charge in [-0.1, -0.05) is 17.7 Å². The molecule has 2 heterocycles. The van der Waals surface area contributed by atoms with E-state index < -0.39 is 17.9 Å². The summed E-state index contributed by atoms with van der Waals surface area (Å²) < 4.78 is 39.0. The average Bonchev–Trinajstić information content (AvgIpc) is 2.95. The number of nitrogens with one attached hydrogen (secondary N) is 1. The van der Waals surface area contributed by atoms with Crippen LogP contribution < -0.4 is 5.32 Å². The number of halogens is 3. The van der Waals surface area contributed by atoms with E-state index in [9.17, 15) is 18.0 Å². The van der Waals surface area contributed by atoms with Crippen molar-refractivity contribution in [3.63, 3.8) is 0 Å². The number of amides is 1. The van der Waals surface area contributed by atoms with Crippen LogP contribution in [0.4, 0.5) is 18.9 Å². The second kappa shape index (κ2) is 5.59. The first-order valence-electron chi connectivity index (χ1n) is 6.93. The highest BCUT2D eigenvalue weighted by molar-refractivity contribution is 6.04. The van der Waals surface area contributed by atoms with E-state index in [1.807, 2.05) is 19.1 Å². The van der Waals surface area contributed by atoms with Crippen LogP contribution in [0.2, 0.25) is 0 Å². The highest BCUT2D eigenvalue weighted by Crippen LogP contribution is 2.26. The topological polar surface area (TPSA) is 72.2 Å². The quantitative estimate of drug-likeness (QED) is 0.781. The van der Waals surface area contributed by atoms with E-state index in [0.29, 0.717) is 5.69 Å². The zero-order valence-corrected chi connectivity index (χ0v) is 12.7. The summed E-state index contributed by atoms with van der Waals surface area (Å²) in [5.74, 6) is -2.00. The number of benzene rings is 1. The van der Waals surface area contributed by atoms with E-state index >= 15 is 0 Å². The van der Waals surface area contributed by atoms with Crippen molar-refractivity contribution in [2.75, 3.05) is 5.32 Å². The minimum Gasteiger partial charge on any atom is -0.322 e. The Bertz CT molecular complexity index is 915. The van der Waals surface area contributed by atoms with Gasteiger partial charge in [-0.05, 0) is 26.0 Å². The molecule has 2 aromatic heterocycles. The minimum atomic E-state index is -4.68. The lowest BCUT2D eigenvalue weighted by Gasteiger charge is -2.08. The molecule has 0 aliphatic heterocycles. The highest BCUT2D eigenvalue weighted by atomic mass is 19.4. The van der Waals surface area contributed by atoms with E-state index in [1.54, 1.807) is 12.1 Å². The number of hydrogen-bond donors (Lipinski definition) is 1. The van der Waals surface area contributed by atoms with Gasteiger partial charge < -0.3 is 5.32 Å². The van der Waals surface area contributed by atoms with Gasteiger partial charge in [0.15, 0.2) is 0 Å². The third-order valence-corrected chi connectivity index (χ3v) is 3.41. The average molecular weight is 335 g/mol. The lowest BCUT2D eigenvalue weighted by Crippen LogP contribution is -2.16. The van der Waals surface area contributed by atoms with Crippen LogP contribution in [0.5, 0.6) is 0 Å². The molecule has 3 aromatic rings. The van der Waals surface area contributed by atoms with Crippen LogP contribution in [0.25, 0.3) is 5.78 Å². The molecule has 0 aliphatic carbocycles. The van der Waals surface area contributed by atoms with Gasteiger partial charge in [-0.15, -0.1) is 5.10 Å². The second-order valence-corrected chi connectivity index (χ2v) is 5.22. The molecule has 0 aliphatic rings. The normalized spacial score (nSPS) is 11.7. The first-order valence-corrected chi connectivity index (χ1v) is 6.93. The van der Waals surface area contributed by atoms with Gasteiger partial charge in [-0.2, -0.15) is 18.2 Å². The fraction of sp³-hybridized carbons (Fsp3) is 0.200. The SMILES string of the molecule is Cc1ccc(NC(=O)c2cnc3nc(C(F)(F)F)nn3c2C)cc1. The van der Waals surface area contributed by atoms with Gasteiger partial charge in [0.1, 0.15) is 0 Å². The fourth-order valence-electron chi connectivity index (χ4n) is 2.12. The number of carbonyl (C=O) groups is 1. The van der Waals surface area contributed by atoms with Gasteiger partial charge in [0.25, 0.3) is 17.5 Å². The largest absolute Gasteiger partial charge is 0.453 e. The summed E-state index contributed by atoms with van der Waals surface area (Å²) in [5, 5.41) is 6.05. The summed E-state index contributed by atoms with van der Waals surface area (Å²) in [6.45, 7) is 3.39. The third kappa shape index (κ3) is 2.92. The summed E-state index contributed by atoms with van der Waals surface area (Å²) in [4.78, 5) is 19.4. The van der Waals surface area contributed by atoms with E-state index in [-0.39, 0.29) is 17.0 Å². The molecule has 24 heavy (non-hydrogen) atoms. The van der Waals surface area contributed by atoms with Crippen molar-refractivity contribution < 1.29 is 18.0 Å². The minimum absolute atomic E-state index is 0.113. The van der Waals surface area contributed by atoms with Crippen molar-refractivity contribution in [3.05, 3.63) is 53.1 Å². The summed E-state index contributed by atoms with van der Waals surface area (Å²) in [5.41, 5.74) is 1.93. The standard InChI is InChI=1S/C15H12F3N5O/c1-8-3-5-10(6-4-8)20-12(24)11-7-19-14-21-13(15(16,17)18)22-23(14)9(11)2/h3-7H,1-2H3,(H,20,24). The Hall–Kier alpha value is -2.97. The van der Waals surface area contributed by atoms with Crippen molar-refractivity contribution >= 4 is 17.4 Å². The maximum absolute atomic E-state index is 12.7. The lowest BCUT2D eigenvalue weighted by atomic mass is 10.2. The van der Waals surface area contributed by atoms with Crippen molar-refractivity contribution in [3.8, 4) is 0 Å². The number of rotatable bonds is 2. The predicted molar refractivity (Wildman–Crippen MR) is 79.7 cm³/mol. The first-order chi connectivity index (χ1) is 11.3. The van der Waals surface area contributed by atoms with Gasteiger partial charge in [-0.25, -0.2) is 9.50 Å². The summed E-state index contributed by atoms with van der Waals surface area (Å²) in [6.07, 6.45) is -3.49. The monoisotopic (exact) mass is 335 g/mol. The summed E-state index contributed by atoms with van der Waals surface area (Å²) in [6, 6.07) is 7.12. The van der Waals surface area contributed by atoms with Crippen LogP contribution in [0.1, 0.15) is 27.4 Å². The molecule has 0 bridgehead atoms. The van der Waals surface area contributed by atoms with Gasteiger partial charge in [-0.3, -0.25) is 4.79 Å². The molecule has 1 N–H and O–H groups in total. The van der Waals surface area contributed by atoms with Crippen molar-refractivity contribution in [1.29, 1.82) is 0 Å². The molecule has 0 fully saturated rings. The van der Waals surface area contributed by atoms with Gasteiger partial charge in [0, 0.05) is 11.9 Å². The molecular weight excluding hydrogens is 323 g/mol. The zero-order chi connectivity index (χ0) is 17.5. The zero-order valence-electron chi connectivity index (χ0n) is 12.7. The number of hydrogen-bond acceptors (Lipinski definition) is 4. The Morgan fingerprint density at radius 1 is 1.17 bits per heavy atom. The maximum Gasteiger partial charge on any atom is 0.453 e. The van der Waals surface area contributed by atoms with Crippen molar-refractivity contribution in [2.45, 2.75) is 20.0 Å². The number of anilines is 1. The third-order valence-electron chi connectivity index (χ3n) is 3.41. The number of alkyl halides is 3. The Labute approximate surface area is 134 Å². The molecule has 0 unspecified atom stereocenters. The van der Waals surface area contributed by atoms with Crippen LogP contribution in [0, 0.1) is 13.8 Å². The Morgan fingerprint density at radius 2 is 1.83 bits per heavy atom. The fourth-order valence-corrected chi connectivity index (χ4v) is 2.12. The molecule has 124 valence electrons. The van der Waals surface area contributed by atoms with Crippen LogP contribution >= 0.6 is 0 Å². The van der Waals surface area contributed by atoms with Crippen LogP contribution in [0.3, 0.4) is 0 Å². The van der Waals surface area contributed by atoms with Crippen LogP contribution in [-0.4, -0.2) is 25.5 Å². The molecule has 1 aromatic carbocycles. The molecule has 0 radical (unpaired) electrons. The molecular formula is C15H12F3N5O. The molecule has 9 heteroatoms. The van der Waals surface area contributed by atoms with E-state index in [2.05, 4.69) is 20.4 Å². The second-order valence-electron chi connectivity index (χ2n) is 5.22. The first kappa shape index (κ1) is 15.9. The highest BCUT2D eigenvalue weighted by Gasteiger charge is 2.36. The van der Waals surface area contributed by atoms with E-state index in [1.165, 1.54) is 13.1 Å². The Kier molecular flexibility index (Phi) is 3.70. The van der Waals surface area contributed by atoms with Crippen molar-refractivity contribution in [2.24, 2.45) is 0 Å². The van der Waals surface area contributed by atoms with Gasteiger partial charge >= 0.3 is 6.18 Å². The molecule has 0 spiro atoms. The van der Waals surface area contributed by atoms with Gasteiger partial charge in [0.05, 0.1) is 11.3 Å². The Morgan fingerprint density at radius 3 is 2.46 bits per heavy atom. The summed E-state index contributed by atoms with van der Waals surface area (Å²) in [7, 11) is 0. The van der Waals surface area contributed by atoms with Crippen molar-refractivity contribution in [1.82, 2.24) is 19.6 Å². The molecule has 0 atom stereocenters. The maximum atomic E-state index is 12.7. The molecule has 1 amide bonds. The number of aryl methyl sites for hydroxylation is 2. The number of nitrogens with zero attached hydrogens (tertiary/aromatic N) is 4. The van der Waals surface area contributed by atoms with Crippen LogP contribution in [-0.2, 0) is 6.18 Å². The smallest absolute Gasteiger partial charge is 0.322 e. The number of carbonyl (C=O) groups excluding carboxylic acids is 1. The molecule has 0 saturated carbocycles. The molecule has 6 nitrogen and oxygen atoms in total. The van der Waals surface area contributed by atoms with Crippen LogP contribution in [0.15, 0.2) is 30.5 Å². The molecule has 3 rings (SSSR count). The number of fused-ring (bicyclic) bond motifs is 1.